The van der Waals surface area contributed by atoms with Gasteiger partial charge in [-0.2, -0.15) is 0 Å². The van der Waals surface area contributed by atoms with E-state index in [1.54, 1.807) is 6.07 Å². The van der Waals surface area contributed by atoms with Crippen LogP contribution in [0, 0.1) is 5.92 Å². The summed E-state index contributed by atoms with van der Waals surface area (Å²) >= 11 is 6.43. The zero-order valence-electron chi connectivity index (χ0n) is 13.3. The molecule has 0 aromatic heterocycles. The number of amidine groups is 1. The molecule has 118 valence electrons. The molecule has 0 aliphatic carbocycles. The van der Waals surface area contributed by atoms with Crippen LogP contribution in [0.5, 0.6) is 0 Å². The molecular weight excluding hydrogens is 286 g/mol. The second kappa shape index (κ2) is 8.13. The van der Waals surface area contributed by atoms with Gasteiger partial charge in [0.1, 0.15) is 0 Å². The summed E-state index contributed by atoms with van der Waals surface area (Å²) in [4.78, 5) is 2.36. The van der Waals surface area contributed by atoms with Crippen LogP contribution in [0.3, 0.4) is 0 Å². The smallest absolute Gasteiger partial charge is 0.170 e. The van der Waals surface area contributed by atoms with Gasteiger partial charge in [0.25, 0.3) is 0 Å². The van der Waals surface area contributed by atoms with Crippen molar-refractivity contribution in [3.8, 4) is 0 Å². The highest BCUT2D eigenvalue weighted by atomic mass is 35.5. The van der Waals surface area contributed by atoms with E-state index in [0.717, 1.165) is 25.1 Å². The molecule has 21 heavy (non-hydrogen) atoms. The SMILES string of the molecule is CCC(CC)N(CC(C)C)c1ccc(C(N)=NO)cc1Cl. The van der Waals surface area contributed by atoms with Gasteiger partial charge >= 0.3 is 0 Å². The van der Waals surface area contributed by atoms with E-state index in [4.69, 9.17) is 22.5 Å². The second-order valence-corrected chi connectivity index (χ2v) is 6.08. The predicted molar refractivity (Wildman–Crippen MR) is 90.5 cm³/mol. The zero-order chi connectivity index (χ0) is 16.0. The lowest BCUT2D eigenvalue weighted by Gasteiger charge is -2.35. The first kappa shape index (κ1) is 17.6. The lowest BCUT2D eigenvalue weighted by atomic mass is 10.1. The molecule has 1 aromatic carbocycles. The van der Waals surface area contributed by atoms with Crippen molar-refractivity contribution in [2.24, 2.45) is 16.8 Å². The summed E-state index contributed by atoms with van der Waals surface area (Å²) in [6, 6.07) is 6.00. The standard InChI is InChI=1S/C16H26ClN3O/c1-5-13(6-2)20(10-11(3)4)15-8-7-12(9-14(15)17)16(18)19-21/h7-9,11,13,21H,5-6,10H2,1-4H3,(H2,18,19). The summed E-state index contributed by atoms with van der Waals surface area (Å²) in [6.07, 6.45) is 2.14. The monoisotopic (exact) mass is 311 g/mol. The molecular formula is C16H26ClN3O. The number of nitrogens with zero attached hydrogens (tertiary/aromatic N) is 2. The number of benzene rings is 1. The van der Waals surface area contributed by atoms with Gasteiger partial charge < -0.3 is 15.8 Å². The van der Waals surface area contributed by atoms with Crippen LogP contribution in [0.25, 0.3) is 0 Å². The minimum atomic E-state index is 0.0707. The average Bonchev–Trinajstić information content (AvgIpc) is 2.46. The van der Waals surface area contributed by atoms with Crippen molar-refractivity contribution in [2.75, 3.05) is 11.4 Å². The molecule has 0 saturated heterocycles. The molecule has 0 fully saturated rings. The van der Waals surface area contributed by atoms with E-state index < -0.39 is 0 Å². The van der Waals surface area contributed by atoms with Gasteiger partial charge in [-0.3, -0.25) is 0 Å². The first-order valence-corrected chi connectivity index (χ1v) is 7.86. The number of halogens is 1. The van der Waals surface area contributed by atoms with Crippen LogP contribution >= 0.6 is 11.6 Å². The maximum atomic E-state index is 8.75. The maximum absolute atomic E-state index is 8.75. The summed E-state index contributed by atoms with van der Waals surface area (Å²) in [7, 11) is 0. The van der Waals surface area contributed by atoms with Gasteiger partial charge in [-0.25, -0.2) is 0 Å². The Balaban J connectivity index is 3.18. The van der Waals surface area contributed by atoms with Gasteiger partial charge in [0.05, 0.1) is 10.7 Å². The number of anilines is 1. The van der Waals surface area contributed by atoms with E-state index in [0.29, 0.717) is 22.5 Å². The molecule has 0 radical (unpaired) electrons. The van der Waals surface area contributed by atoms with Crippen LogP contribution < -0.4 is 10.6 Å². The van der Waals surface area contributed by atoms with Crippen molar-refractivity contribution in [3.05, 3.63) is 28.8 Å². The van der Waals surface area contributed by atoms with Gasteiger partial charge in [0, 0.05) is 18.2 Å². The minimum absolute atomic E-state index is 0.0707. The third-order valence-corrected chi connectivity index (χ3v) is 3.91. The Bertz CT molecular complexity index is 484. The van der Waals surface area contributed by atoms with E-state index in [-0.39, 0.29) is 5.84 Å². The molecule has 0 spiro atoms. The highest BCUT2D eigenvalue weighted by Gasteiger charge is 2.19. The topological polar surface area (TPSA) is 61.8 Å². The maximum Gasteiger partial charge on any atom is 0.170 e. The number of hydrogen-bond donors (Lipinski definition) is 2. The molecule has 0 aliphatic rings. The van der Waals surface area contributed by atoms with Crippen molar-refractivity contribution in [1.82, 2.24) is 0 Å². The van der Waals surface area contributed by atoms with Gasteiger partial charge in [0.2, 0.25) is 0 Å². The van der Waals surface area contributed by atoms with Gasteiger partial charge in [-0.05, 0) is 37.0 Å². The molecule has 1 rings (SSSR count). The van der Waals surface area contributed by atoms with Crippen LogP contribution in [0.15, 0.2) is 23.4 Å². The summed E-state index contributed by atoms with van der Waals surface area (Å²) in [5.41, 5.74) is 7.24. The number of oxime groups is 1. The fourth-order valence-corrected chi connectivity index (χ4v) is 2.81. The van der Waals surface area contributed by atoms with Crippen molar-refractivity contribution in [1.29, 1.82) is 0 Å². The molecule has 4 nitrogen and oxygen atoms in total. The lowest BCUT2D eigenvalue weighted by molar-refractivity contribution is 0.318. The highest BCUT2D eigenvalue weighted by molar-refractivity contribution is 6.33. The molecule has 0 aliphatic heterocycles. The van der Waals surface area contributed by atoms with Gasteiger partial charge in [0.15, 0.2) is 5.84 Å². The van der Waals surface area contributed by atoms with Crippen molar-refractivity contribution in [3.63, 3.8) is 0 Å². The van der Waals surface area contributed by atoms with E-state index in [2.05, 4.69) is 37.8 Å². The van der Waals surface area contributed by atoms with Crippen LogP contribution in [0.1, 0.15) is 46.1 Å². The minimum Gasteiger partial charge on any atom is -0.409 e. The third-order valence-electron chi connectivity index (χ3n) is 3.61. The lowest BCUT2D eigenvalue weighted by Crippen LogP contribution is -2.37. The normalized spacial score (nSPS) is 12.2. The van der Waals surface area contributed by atoms with Crippen LogP contribution in [-0.4, -0.2) is 23.6 Å². The molecule has 3 N–H and O–H groups in total. The predicted octanol–water partition coefficient (Wildman–Crippen LogP) is 4.09. The van der Waals surface area contributed by atoms with Crippen molar-refractivity contribution >= 4 is 23.1 Å². The molecule has 0 heterocycles. The Morgan fingerprint density at radius 1 is 1.33 bits per heavy atom. The van der Waals surface area contributed by atoms with Crippen LogP contribution in [0.4, 0.5) is 5.69 Å². The Kier molecular flexibility index (Phi) is 6.82. The van der Waals surface area contributed by atoms with E-state index >= 15 is 0 Å². The fourth-order valence-electron chi connectivity index (χ4n) is 2.52. The summed E-state index contributed by atoms with van der Waals surface area (Å²) < 4.78 is 0. The Hall–Kier alpha value is -1.42. The van der Waals surface area contributed by atoms with Crippen LogP contribution in [-0.2, 0) is 0 Å². The number of nitrogens with two attached hydrogens (primary N) is 1. The van der Waals surface area contributed by atoms with Crippen molar-refractivity contribution < 1.29 is 5.21 Å². The summed E-state index contributed by atoms with van der Waals surface area (Å²) in [5.74, 6) is 0.617. The molecule has 0 unspecified atom stereocenters. The second-order valence-electron chi connectivity index (χ2n) is 5.67. The van der Waals surface area contributed by atoms with Gasteiger partial charge in [-0.15, -0.1) is 0 Å². The summed E-state index contributed by atoms with van der Waals surface area (Å²) in [5, 5.41) is 12.4. The van der Waals surface area contributed by atoms with E-state index in [1.165, 1.54) is 0 Å². The summed E-state index contributed by atoms with van der Waals surface area (Å²) in [6.45, 7) is 9.75. The third kappa shape index (κ3) is 4.53. The molecule has 0 saturated carbocycles. The largest absolute Gasteiger partial charge is 0.409 e. The molecule has 1 aromatic rings. The highest BCUT2D eigenvalue weighted by Crippen LogP contribution is 2.30. The molecule has 5 heteroatoms. The molecule has 0 bridgehead atoms. The average molecular weight is 312 g/mol. The van der Waals surface area contributed by atoms with E-state index in [9.17, 15) is 0 Å². The van der Waals surface area contributed by atoms with Crippen LogP contribution in [0.2, 0.25) is 5.02 Å². The Labute approximate surface area is 132 Å². The Morgan fingerprint density at radius 2 is 1.95 bits per heavy atom. The number of rotatable bonds is 7. The zero-order valence-corrected chi connectivity index (χ0v) is 14.1. The molecule has 0 atom stereocenters. The Morgan fingerprint density at radius 3 is 2.38 bits per heavy atom. The first-order valence-electron chi connectivity index (χ1n) is 7.48. The quantitative estimate of drug-likeness (QED) is 0.345. The van der Waals surface area contributed by atoms with Crippen molar-refractivity contribution in [2.45, 2.75) is 46.6 Å². The van der Waals surface area contributed by atoms with Gasteiger partial charge in [-0.1, -0.05) is 44.5 Å². The molecule has 0 amide bonds. The van der Waals surface area contributed by atoms with E-state index in [1.807, 2.05) is 12.1 Å². The fraction of sp³-hybridized carbons (Fsp3) is 0.562. The first-order chi connectivity index (χ1) is 9.94. The number of hydrogen-bond acceptors (Lipinski definition) is 3.